The monoisotopic (exact) mass is 477 g/mol. The van der Waals surface area contributed by atoms with E-state index in [0.29, 0.717) is 23.1 Å². The van der Waals surface area contributed by atoms with Gasteiger partial charge in [0.1, 0.15) is 5.75 Å². The van der Waals surface area contributed by atoms with E-state index in [9.17, 15) is 19.5 Å². The number of nitrogens with zero attached hydrogens (tertiary/aromatic N) is 1. The number of phenolic OH excluding ortho intramolecular Hbond substituents is 1. The van der Waals surface area contributed by atoms with Gasteiger partial charge in [0.15, 0.2) is 5.60 Å². The van der Waals surface area contributed by atoms with Crippen LogP contribution in [0.25, 0.3) is 0 Å². The number of piperidine rings is 1. The van der Waals surface area contributed by atoms with E-state index in [1.807, 2.05) is 12.1 Å². The van der Waals surface area contributed by atoms with Crippen LogP contribution in [0.2, 0.25) is 0 Å². The SMILES string of the molecule is CC(C)=CCN1CC[C@@]2(C)Cc3cc(O)ccc3[C@H]1[C@@H]2C.O=C(O)CC(O)(CC(=O)O)C(=O)O. The van der Waals surface area contributed by atoms with Gasteiger partial charge in [0.2, 0.25) is 0 Å². The zero-order valence-corrected chi connectivity index (χ0v) is 20.1. The quantitative estimate of drug-likeness (QED) is 0.372. The number of allylic oxidation sites excluding steroid dienone is 1. The first-order valence-corrected chi connectivity index (χ1v) is 11.3. The minimum absolute atomic E-state index is 0.368. The molecule has 0 amide bonds. The number of carboxylic acid groups (broad SMARTS) is 3. The number of hydrogen-bond donors (Lipinski definition) is 5. The van der Waals surface area contributed by atoms with Gasteiger partial charge >= 0.3 is 17.9 Å². The van der Waals surface area contributed by atoms with Crippen molar-refractivity contribution >= 4 is 17.9 Å². The second kappa shape index (κ2) is 10.6. The van der Waals surface area contributed by atoms with Crippen molar-refractivity contribution in [1.29, 1.82) is 0 Å². The lowest BCUT2D eigenvalue weighted by molar-refractivity contribution is -0.170. The van der Waals surface area contributed by atoms with E-state index < -0.39 is 36.4 Å². The van der Waals surface area contributed by atoms with Gasteiger partial charge in [0.25, 0.3) is 0 Å². The molecule has 188 valence electrons. The molecule has 5 N–H and O–H groups in total. The molecule has 0 unspecified atom stereocenters. The zero-order chi connectivity index (χ0) is 25.8. The van der Waals surface area contributed by atoms with E-state index in [-0.39, 0.29) is 0 Å². The van der Waals surface area contributed by atoms with Gasteiger partial charge in [0, 0.05) is 12.6 Å². The van der Waals surface area contributed by atoms with Crippen LogP contribution in [0, 0.1) is 11.3 Å². The Balaban J connectivity index is 0.000000273. The first-order chi connectivity index (χ1) is 15.7. The predicted molar refractivity (Wildman–Crippen MR) is 125 cm³/mol. The summed E-state index contributed by atoms with van der Waals surface area (Å²) in [4.78, 5) is 33.1. The van der Waals surface area contributed by atoms with E-state index in [2.05, 4.69) is 44.7 Å². The molecule has 3 rings (SSSR count). The van der Waals surface area contributed by atoms with Crippen LogP contribution in [0.15, 0.2) is 29.8 Å². The summed E-state index contributed by atoms with van der Waals surface area (Å²) < 4.78 is 0. The molecule has 2 aliphatic rings. The summed E-state index contributed by atoms with van der Waals surface area (Å²) in [6.45, 7) is 11.4. The lowest BCUT2D eigenvalue weighted by Crippen LogP contribution is -2.51. The van der Waals surface area contributed by atoms with Gasteiger partial charge in [-0.1, -0.05) is 31.6 Å². The highest BCUT2D eigenvalue weighted by atomic mass is 16.4. The Morgan fingerprint density at radius 1 is 1.15 bits per heavy atom. The summed E-state index contributed by atoms with van der Waals surface area (Å²) in [5.41, 5.74) is 1.80. The number of aliphatic hydroxyl groups is 1. The minimum atomic E-state index is -2.74. The highest BCUT2D eigenvalue weighted by Gasteiger charge is 2.47. The van der Waals surface area contributed by atoms with Gasteiger partial charge in [-0.25, -0.2) is 4.79 Å². The summed E-state index contributed by atoms with van der Waals surface area (Å²) in [6, 6.07) is 6.47. The van der Waals surface area contributed by atoms with Crippen LogP contribution in [-0.2, 0) is 20.8 Å². The van der Waals surface area contributed by atoms with Crippen LogP contribution in [0.1, 0.15) is 64.1 Å². The molecule has 3 atom stereocenters. The van der Waals surface area contributed by atoms with E-state index in [0.717, 1.165) is 13.0 Å². The van der Waals surface area contributed by atoms with Crippen LogP contribution < -0.4 is 0 Å². The van der Waals surface area contributed by atoms with Gasteiger partial charge in [-0.05, 0) is 67.8 Å². The van der Waals surface area contributed by atoms with Crippen molar-refractivity contribution < 1.29 is 39.9 Å². The van der Waals surface area contributed by atoms with Crippen molar-refractivity contribution in [3.63, 3.8) is 0 Å². The molecule has 34 heavy (non-hydrogen) atoms. The Hall–Kier alpha value is -2.91. The molecule has 0 saturated carbocycles. The van der Waals surface area contributed by atoms with E-state index in [1.165, 1.54) is 29.7 Å². The Morgan fingerprint density at radius 2 is 1.74 bits per heavy atom. The number of aliphatic carboxylic acids is 3. The van der Waals surface area contributed by atoms with Crippen molar-refractivity contribution in [1.82, 2.24) is 4.90 Å². The summed E-state index contributed by atoms with van der Waals surface area (Å²) in [6.07, 6.45) is 2.40. The Morgan fingerprint density at radius 3 is 2.24 bits per heavy atom. The molecular formula is C25H35NO8. The maximum absolute atomic E-state index is 10.3. The number of carboxylic acids is 3. The van der Waals surface area contributed by atoms with Crippen molar-refractivity contribution in [3.8, 4) is 5.75 Å². The number of benzene rings is 1. The fourth-order valence-electron chi connectivity index (χ4n) is 4.87. The van der Waals surface area contributed by atoms with Crippen LogP contribution in [0.3, 0.4) is 0 Å². The molecule has 9 nitrogen and oxygen atoms in total. The van der Waals surface area contributed by atoms with Crippen molar-refractivity contribution in [2.24, 2.45) is 11.3 Å². The van der Waals surface area contributed by atoms with Crippen LogP contribution >= 0.6 is 0 Å². The molecule has 1 fully saturated rings. The molecule has 1 aliphatic heterocycles. The molecule has 9 heteroatoms. The third-order valence-electron chi connectivity index (χ3n) is 7.00. The van der Waals surface area contributed by atoms with Gasteiger partial charge in [0.05, 0.1) is 12.8 Å². The summed E-state index contributed by atoms with van der Waals surface area (Å²) >= 11 is 0. The third kappa shape index (κ3) is 6.36. The smallest absolute Gasteiger partial charge is 0.336 e. The first-order valence-electron chi connectivity index (χ1n) is 11.3. The van der Waals surface area contributed by atoms with Crippen LogP contribution in [0.5, 0.6) is 5.75 Å². The maximum Gasteiger partial charge on any atom is 0.336 e. The summed E-state index contributed by atoms with van der Waals surface area (Å²) in [5.74, 6) is -3.95. The van der Waals surface area contributed by atoms with Gasteiger partial charge in [-0.3, -0.25) is 14.5 Å². The summed E-state index contributed by atoms with van der Waals surface area (Å²) in [5, 5.41) is 43.6. The van der Waals surface area contributed by atoms with Crippen molar-refractivity contribution in [2.75, 3.05) is 13.1 Å². The largest absolute Gasteiger partial charge is 0.508 e. The lowest BCUT2D eigenvalue weighted by atomic mass is 9.60. The molecule has 0 radical (unpaired) electrons. The standard InChI is InChI=1S/C19H27NO.C6H8O7/c1-13(2)7-9-20-10-8-19(4)12-15-11-16(21)5-6-17(15)18(20)14(19)3;7-3(8)1-6(13,5(11)12)2-4(9)10/h5-7,11,14,18,21H,8-10,12H2,1-4H3;13H,1-2H2,(H,7,8)(H,9,10)(H,11,12)/t14-,18+,19-;/m0./s1. The highest BCUT2D eigenvalue weighted by molar-refractivity contribution is 5.88. The van der Waals surface area contributed by atoms with Crippen LogP contribution in [-0.4, -0.2) is 67.0 Å². The third-order valence-corrected chi connectivity index (χ3v) is 7.00. The van der Waals surface area contributed by atoms with Crippen LogP contribution in [0.4, 0.5) is 0 Å². The number of phenols is 1. The van der Waals surface area contributed by atoms with Crippen molar-refractivity contribution in [3.05, 3.63) is 41.0 Å². The minimum Gasteiger partial charge on any atom is -0.508 e. The van der Waals surface area contributed by atoms with Gasteiger partial charge in [-0.2, -0.15) is 0 Å². The molecule has 0 aromatic heterocycles. The van der Waals surface area contributed by atoms with Crippen molar-refractivity contribution in [2.45, 2.75) is 65.0 Å². The Bertz CT molecular complexity index is 952. The Labute approximate surface area is 199 Å². The fourth-order valence-corrected chi connectivity index (χ4v) is 4.87. The average Bonchev–Trinajstić information content (AvgIpc) is 2.68. The topological polar surface area (TPSA) is 156 Å². The highest BCUT2D eigenvalue weighted by Crippen LogP contribution is 2.53. The molecule has 1 heterocycles. The average molecular weight is 478 g/mol. The maximum atomic E-state index is 10.3. The molecule has 1 saturated heterocycles. The summed E-state index contributed by atoms with van der Waals surface area (Å²) in [7, 11) is 0. The normalized spacial score (nSPS) is 23.7. The molecule has 1 aromatic rings. The van der Waals surface area contributed by atoms with Gasteiger partial charge in [-0.15, -0.1) is 0 Å². The first kappa shape index (κ1) is 27.3. The van der Waals surface area contributed by atoms with E-state index in [1.54, 1.807) is 0 Å². The zero-order valence-electron chi connectivity index (χ0n) is 20.1. The molecule has 0 spiro atoms. The second-order valence-corrected chi connectivity index (χ2v) is 9.95. The number of fused-ring (bicyclic) bond motifs is 4. The molecule has 1 aromatic carbocycles. The predicted octanol–water partition coefficient (Wildman–Crippen LogP) is 3.06. The molecule has 1 aliphatic carbocycles. The number of hydrogen-bond acceptors (Lipinski definition) is 6. The Kier molecular flexibility index (Phi) is 8.50. The van der Waals surface area contributed by atoms with E-state index in [4.69, 9.17) is 20.4 Å². The molecule has 2 bridgehead atoms. The number of rotatable bonds is 7. The second-order valence-electron chi connectivity index (χ2n) is 9.95. The number of aromatic hydroxyl groups is 1. The lowest BCUT2D eigenvalue weighted by Gasteiger charge is -2.54. The number of likely N-dealkylation sites (tertiary alicyclic amines) is 1. The number of carbonyl (C=O) groups is 3. The van der Waals surface area contributed by atoms with Gasteiger partial charge < -0.3 is 25.5 Å². The fraction of sp³-hybridized carbons (Fsp3) is 0.560. The van der Waals surface area contributed by atoms with E-state index >= 15 is 0 Å². The molecular weight excluding hydrogens is 442 g/mol.